The van der Waals surface area contributed by atoms with E-state index in [1.165, 1.54) is 0 Å². The second kappa shape index (κ2) is 7.76. The molecule has 1 saturated heterocycles. The van der Waals surface area contributed by atoms with E-state index in [1.807, 2.05) is 37.3 Å². The van der Waals surface area contributed by atoms with Crippen molar-refractivity contribution in [3.8, 4) is 0 Å². The molecule has 7 nitrogen and oxygen atoms in total. The normalized spacial score (nSPS) is 18.8. The molecule has 2 heterocycles. The van der Waals surface area contributed by atoms with E-state index in [4.69, 9.17) is 10.3 Å². The van der Waals surface area contributed by atoms with Crippen molar-refractivity contribution in [3.63, 3.8) is 0 Å². The lowest BCUT2D eigenvalue weighted by atomic mass is 10.0. The van der Waals surface area contributed by atoms with Crippen molar-refractivity contribution in [1.29, 1.82) is 0 Å². The van der Waals surface area contributed by atoms with Gasteiger partial charge in [-0.2, -0.15) is 4.98 Å². The van der Waals surface area contributed by atoms with Gasteiger partial charge < -0.3 is 10.3 Å². The average molecular weight is 343 g/mol. The number of primary amides is 1. The number of carbonyl (C=O) groups is 1. The summed E-state index contributed by atoms with van der Waals surface area (Å²) in [6.45, 7) is 7.25. The maximum Gasteiger partial charge on any atom is 0.243 e. The molecule has 1 fully saturated rings. The SMILES string of the molecule is CCc1noc(C(C)N2CCN(C(C(N)=O)c3ccccc3)CC2)n1. The van der Waals surface area contributed by atoms with Gasteiger partial charge in [-0.05, 0) is 12.5 Å². The quantitative estimate of drug-likeness (QED) is 0.856. The molecule has 0 spiro atoms. The van der Waals surface area contributed by atoms with Crippen molar-refractivity contribution >= 4 is 5.91 Å². The standard InChI is InChI=1S/C18H25N5O2/c1-3-15-20-18(25-21-15)13(2)22-9-11-23(12-10-22)16(17(19)24)14-7-5-4-6-8-14/h4-8,13,16H,3,9-12H2,1-2H3,(H2,19,24). The van der Waals surface area contributed by atoms with E-state index < -0.39 is 0 Å². The number of piperazine rings is 1. The highest BCUT2D eigenvalue weighted by molar-refractivity contribution is 5.81. The van der Waals surface area contributed by atoms with Crippen LogP contribution in [0.3, 0.4) is 0 Å². The van der Waals surface area contributed by atoms with Crippen molar-refractivity contribution in [2.24, 2.45) is 5.73 Å². The Labute approximate surface area is 147 Å². The van der Waals surface area contributed by atoms with Gasteiger partial charge >= 0.3 is 0 Å². The second-order valence-corrected chi connectivity index (χ2v) is 6.37. The Kier molecular flexibility index (Phi) is 5.45. The smallest absolute Gasteiger partial charge is 0.243 e. The molecule has 1 amide bonds. The van der Waals surface area contributed by atoms with Crippen LogP contribution in [0.2, 0.25) is 0 Å². The van der Waals surface area contributed by atoms with Crippen LogP contribution in [0.4, 0.5) is 0 Å². The van der Waals surface area contributed by atoms with E-state index in [0.29, 0.717) is 5.89 Å². The molecule has 2 unspecified atom stereocenters. The highest BCUT2D eigenvalue weighted by Gasteiger charge is 2.31. The Morgan fingerprint density at radius 1 is 1.20 bits per heavy atom. The van der Waals surface area contributed by atoms with Crippen molar-refractivity contribution < 1.29 is 9.32 Å². The van der Waals surface area contributed by atoms with E-state index in [0.717, 1.165) is 44.0 Å². The number of aromatic nitrogens is 2. The average Bonchev–Trinajstić information content (AvgIpc) is 3.12. The second-order valence-electron chi connectivity index (χ2n) is 6.37. The highest BCUT2D eigenvalue weighted by Crippen LogP contribution is 2.25. The Morgan fingerprint density at radius 2 is 1.84 bits per heavy atom. The van der Waals surface area contributed by atoms with Gasteiger partial charge in [-0.25, -0.2) is 0 Å². The van der Waals surface area contributed by atoms with Crippen LogP contribution < -0.4 is 5.73 Å². The summed E-state index contributed by atoms with van der Waals surface area (Å²) < 4.78 is 5.36. The number of nitrogens with two attached hydrogens (primary N) is 1. The number of aryl methyl sites for hydroxylation is 1. The van der Waals surface area contributed by atoms with Gasteiger partial charge in [0.2, 0.25) is 11.8 Å². The number of rotatable bonds is 6. The lowest BCUT2D eigenvalue weighted by Gasteiger charge is -2.39. The van der Waals surface area contributed by atoms with Crippen LogP contribution in [-0.4, -0.2) is 52.0 Å². The van der Waals surface area contributed by atoms with Crippen LogP contribution in [0, 0.1) is 0 Å². The third kappa shape index (κ3) is 3.88. The molecule has 2 N–H and O–H groups in total. The third-order valence-electron chi connectivity index (χ3n) is 4.80. The van der Waals surface area contributed by atoms with Gasteiger partial charge in [0.25, 0.3) is 0 Å². The maximum atomic E-state index is 12.0. The molecule has 2 aromatic rings. The lowest BCUT2D eigenvalue weighted by Crippen LogP contribution is -2.50. The molecule has 3 rings (SSSR count). The molecule has 1 aliphatic heterocycles. The number of hydrogen-bond donors (Lipinski definition) is 1. The molecule has 7 heteroatoms. The van der Waals surface area contributed by atoms with Crippen LogP contribution in [-0.2, 0) is 11.2 Å². The van der Waals surface area contributed by atoms with Crippen molar-refractivity contribution in [3.05, 3.63) is 47.6 Å². The van der Waals surface area contributed by atoms with Gasteiger partial charge in [-0.15, -0.1) is 0 Å². The minimum Gasteiger partial charge on any atom is -0.368 e. The minimum atomic E-state index is -0.381. The van der Waals surface area contributed by atoms with Crippen molar-refractivity contribution in [2.45, 2.75) is 32.4 Å². The summed E-state index contributed by atoms with van der Waals surface area (Å²) in [6.07, 6.45) is 0.765. The fraction of sp³-hybridized carbons (Fsp3) is 0.500. The molecule has 1 aromatic heterocycles. The van der Waals surface area contributed by atoms with Gasteiger partial charge in [-0.3, -0.25) is 14.6 Å². The zero-order valence-corrected chi connectivity index (χ0v) is 14.8. The zero-order valence-electron chi connectivity index (χ0n) is 14.8. The summed E-state index contributed by atoms with van der Waals surface area (Å²) in [5, 5.41) is 3.97. The van der Waals surface area contributed by atoms with Gasteiger partial charge in [0.15, 0.2) is 5.82 Å². The summed E-state index contributed by atoms with van der Waals surface area (Å²) in [6, 6.07) is 9.41. The summed E-state index contributed by atoms with van der Waals surface area (Å²) >= 11 is 0. The Hall–Kier alpha value is -2.25. The van der Waals surface area contributed by atoms with Gasteiger partial charge in [0.05, 0.1) is 6.04 Å². The predicted octanol–water partition coefficient (Wildman–Crippen LogP) is 1.54. The molecule has 0 bridgehead atoms. The Morgan fingerprint density at radius 3 is 2.40 bits per heavy atom. The molecular weight excluding hydrogens is 318 g/mol. The molecule has 1 aliphatic rings. The molecular formula is C18H25N5O2. The van der Waals surface area contributed by atoms with E-state index in [9.17, 15) is 4.79 Å². The van der Waals surface area contributed by atoms with E-state index in [-0.39, 0.29) is 18.0 Å². The molecule has 1 aromatic carbocycles. The van der Waals surface area contributed by atoms with Crippen molar-refractivity contribution in [1.82, 2.24) is 19.9 Å². The number of carbonyl (C=O) groups excluding carboxylic acids is 1. The zero-order chi connectivity index (χ0) is 17.8. The highest BCUT2D eigenvalue weighted by atomic mass is 16.5. The first-order valence-corrected chi connectivity index (χ1v) is 8.75. The Bertz CT molecular complexity index is 695. The molecule has 25 heavy (non-hydrogen) atoms. The monoisotopic (exact) mass is 343 g/mol. The van der Waals surface area contributed by atoms with Crippen LogP contribution in [0.1, 0.15) is 43.2 Å². The number of benzene rings is 1. The summed E-state index contributed by atoms with van der Waals surface area (Å²) in [4.78, 5) is 20.9. The van der Waals surface area contributed by atoms with Gasteiger partial charge in [0, 0.05) is 32.6 Å². The third-order valence-corrected chi connectivity index (χ3v) is 4.80. The fourth-order valence-corrected chi connectivity index (χ4v) is 3.31. The first kappa shape index (κ1) is 17.6. The Balaban J connectivity index is 1.65. The molecule has 0 saturated carbocycles. The van der Waals surface area contributed by atoms with Gasteiger partial charge in [-0.1, -0.05) is 42.4 Å². The topological polar surface area (TPSA) is 88.5 Å². The van der Waals surface area contributed by atoms with Crippen molar-refractivity contribution in [2.75, 3.05) is 26.2 Å². The molecule has 134 valence electrons. The lowest BCUT2D eigenvalue weighted by molar-refractivity contribution is -0.124. The van der Waals surface area contributed by atoms with Crippen LogP contribution in [0.25, 0.3) is 0 Å². The van der Waals surface area contributed by atoms with E-state index in [2.05, 4.69) is 26.9 Å². The molecule has 0 aliphatic carbocycles. The predicted molar refractivity (Wildman–Crippen MR) is 93.6 cm³/mol. The maximum absolute atomic E-state index is 12.0. The first-order valence-electron chi connectivity index (χ1n) is 8.75. The van der Waals surface area contributed by atoms with Crippen LogP contribution in [0.15, 0.2) is 34.9 Å². The van der Waals surface area contributed by atoms with E-state index >= 15 is 0 Å². The summed E-state index contributed by atoms with van der Waals surface area (Å²) in [5.74, 6) is 1.08. The minimum absolute atomic E-state index is 0.0682. The van der Waals surface area contributed by atoms with Gasteiger partial charge in [0.1, 0.15) is 6.04 Å². The largest absolute Gasteiger partial charge is 0.368 e. The number of hydrogen-bond acceptors (Lipinski definition) is 6. The number of nitrogens with zero attached hydrogens (tertiary/aromatic N) is 4. The summed E-state index contributed by atoms with van der Waals surface area (Å²) in [5.41, 5.74) is 6.62. The first-order chi connectivity index (χ1) is 12.1. The van der Waals surface area contributed by atoms with E-state index in [1.54, 1.807) is 0 Å². The van der Waals surface area contributed by atoms with Crippen LogP contribution >= 0.6 is 0 Å². The molecule has 2 atom stereocenters. The summed E-state index contributed by atoms with van der Waals surface area (Å²) in [7, 11) is 0. The molecule has 0 radical (unpaired) electrons. The fourth-order valence-electron chi connectivity index (χ4n) is 3.31. The van der Waals surface area contributed by atoms with Crippen LogP contribution in [0.5, 0.6) is 0 Å². The number of amides is 1.